The van der Waals surface area contributed by atoms with E-state index >= 15 is 0 Å². The van der Waals surface area contributed by atoms with E-state index in [4.69, 9.17) is 18.9 Å². The molecule has 1 aliphatic carbocycles. The van der Waals surface area contributed by atoms with Crippen LogP contribution in [0.1, 0.15) is 28.7 Å². The van der Waals surface area contributed by atoms with Crippen LogP contribution in [-0.2, 0) is 22.9 Å². The minimum atomic E-state index is -0.438. The second kappa shape index (κ2) is 11.1. The maximum absolute atomic E-state index is 13.1. The van der Waals surface area contributed by atoms with Gasteiger partial charge in [-0.25, -0.2) is 9.67 Å². The van der Waals surface area contributed by atoms with Crippen molar-refractivity contribution in [3.8, 4) is 22.9 Å². The zero-order valence-electron chi connectivity index (χ0n) is 22.0. The van der Waals surface area contributed by atoms with Gasteiger partial charge in [0.15, 0.2) is 23.0 Å². The van der Waals surface area contributed by atoms with Gasteiger partial charge in [-0.05, 0) is 43.3 Å². The van der Waals surface area contributed by atoms with Crippen molar-refractivity contribution in [3.05, 3.63) is 89.8 Å². The number of pyridine rings is 2. The number of ether oxygens (including phenoxy) is 4. The first-order chi connectivity index (χ1) is 19.0. The monoisotopic (exact) mass is 528 g/mol. The zero-order chi connectivity index (χ0) is 27.4. The van der Waals surface area contributed by atoms with Gasteiger partial charge in [-0.3, -0.25) is 9.78 Å². The van der Waals surface area contributed by atoms with E-state index in [-0.39, 0.29) is 5.69 Å². The molecule has 0 fully saturated rings. The summed E-state index contributed by atoms with van der Waals surface area (Å²) in [6.07, 6.45) is 13.0. The Balaban J connectivity index is 1.33. The normalized spacial score (nSPS) is 12.5. The number of nitrogens with zero attached hydrogens (tertiary/aromatic N) is 5. The quantitative estimate of drug-likeness (QED) is 0.337. The lowest BCUT2D eigenvalue weighted by atomic mass is 10.1. The van der Waals surface area contributed by atoms with Gasteiger partial charge in [0.2, 0.25) is 0 Å². The Hall–Kier alpha value is -5.06. The van der Waals surface area contributed by atoms with Crippen molar-refractivity contribution in [2.45, 2.75) is 13.3 Å². The Morgan fingerprint density at radius 1 is 1.05 bits per heavy atom. The predicted octanol–water partition coefficient (Wildman–Crippen LogP) is 4.52. The number of allylic oxidation sites excluding steroid dienone is 1. The van der Waals surface area contributed by atoms with Crippen molar-refractivity contribution in [3.63, 3.8) is 0 Å². The number of aryl methyl sites for hydroxylation is 1. The molecular weight excluding hydrogens is 500 g/mol. The summed E-state index contributed by atoms with van der Waals surface area (Å²) in [6.45, 7) is 2.25. The molecule has 0 aromatic carbocycles. The van der Waals surface area contributed by atoms with Gasteiger partial charge in [-0.15, -0.1) is 0 Å². The largest absolute Gasteiger partial charge is 0.493 e. The van der Waals surface area contributed by atoms with E-state index in [1.165, 1.54) is 6.20 Å². The molecule has 11 heteroatoms. The standard InChI is InChI=1S/C28H28N6O5/c1-5-38-25-17-34(18-11-13-33(2)16-18)32-27(25)28(35)31-26-9-6-19(15-30-26)39-22-10-12-29-21-7-8-23(36-3)24(37-4)14-20(21)22/h6,8-17H,5,7H2,1-4H3,(H,30,31,35). The molecule has 4 heterocycles. The first kappa shape index (κ1) is 25.6. The summed E-state index contributed by atoms with van der Waals surface area (Å²) < 4.78 is 26.2. The minimum absolute atomic E-state index is 0.159. The van der Waals surface area contributed by atoms with Gasteiger partial charge < -0.3 is 28.8 Å². The molecule has 39 heavy (non-hydrogen) atoms. The molecule has 4 aromatic rings. The fraction of sp³-hybridized carbons (Fsp3) is 0.214. The number of aromatic nitrogens is 5. The van der Waals surface area contributed by atoms with Crippen molar-refractivity contribution in [1.29, 1.82) is 0 Å². The number of anilines is 1. The van der Waals surface area contributed by atoms with E-state index in [1.54, 1.807) is 49.5 Å². The van der Waals surface area contributed by atoms with Crippen LogP contribution < -0.4 is 14.8 Å². The van der Waals surface area contributed by atoms with E-state index < -0.39 is 5.91 Å². The SMILES string of the molecule is CCOc1cn(-c2ccn(C)c2)nc1C(=O)Nc1ccc(Oc2ccnc3c2C=C(OC)C(OC)=CC3)cn1. The molecule has 200 valence electrons. The van der Waals surface area contributed by atoms with E-state index in [9.17, 15) is 4.79 Å². The zero-order valence-corrected chi connectivity index (χ0v) is 22.0. The lowest BCUT2D eigenvalue weighted by molar-refractivity contribution is 0.101. The Bertz CT molecular complexity index is 1550. The van der Waals surface area contributed by atoms with Gasteiger partial charge >= 0.3 is 0 Å². The molecule has 0 saturated heterocycles. The van der Waals surface area contributed by atoms with Gasteiger partial charge in [-0.1, -0.05) is 0 Å². The maximum atomic E-state index is 13.1. The van der Waals surface area contributed by atoms with Crippen LogP contribution in [0.3, 0.4) is 0 Å². The van der Waals surface area contributed by atoms with Crippen LogP contribution >= 0.6 is 0 Å². The number of rotatable bonds is 9. The number of hydrogen-bond donors (Lipinski definition) is 1. The van der Waals surface area contributed by atoms with Crippen molar-refractivity contribution in [1.82, 2.24) is 24.3 Å². The highest BCUT2D eigenvalue weighted by molar-refractivity contribution is 6.04. The van der Waals surface area contributed by atoms with Crippen LogP contribution in [0.15, 0.2) is 72.8 Å². The number of carbonyl (C=O) groups is 1. The third-order valence-corrected chi connectivity index (χ3v) is 5.95. The summed E-state index contributed by atoms with van der Waals surface area (Å²) in [5.41, 5.74) is 2.58. The topological polar surface area (TPSA) is 115 Å². The second-order valence-corrected chi connectivity index (χ2v) is 8.55. The third kappa shape index (κ3) is 5.47. The molecule has 0 atom stereocenters. The highest BCUT2D eigenvalue weighted by Crippen LogP contribution is 2.32. The molecule has 0 unspecified atom stereocenters. The molecule has 1 N–H and O–H groups in total. The highest BCUT2D eigenvalue weighted by Gasteiger charge is 2.21. The highest BCUT2D eigenvalue weighted by atomic mass is 16.5. The third-order valence-electron chi connectivity index (χ3n) is 5.95. The average molecular weight is 529 g/mol. The fourth-order valence-electron chi connectivity index (χ4n) is 4.09. The predicted molar refractivity (Wildman–Crippen MR) is 144 cm³/mol. The van der Waals surface area contributed by atoms with Crippen LogP contribution in [0, 0.1) is 0 Å². The van der Waals surface area contributed by atoms with Gasteiger partial charge in [0.1, 0.15) is 17.3 Å². The van der Waals surface area contributed by atoms with Crippen LogP contribution in [0.5, 0.6) is 17.2 Å². The first-order valence-electron chi connectivity index (χ1n) is 12.3. The summed E-state index contributed by atoms with van der Waals surface area (Å²) in [5, 5.41) is 7.21. The molecule has 11 nitrogen and oxygen atoms in total. The molecule has 0 spiro atoms. The Kier molecular flexibility index (Phi) is 7.30. The van der Waals surface area contributed by atoms with Crippen molar-refractivity contribution in [2.75, 3.05) is 26.1 Å². The van der Waals surface area contributed by atoms with E-state index in [1.807, 2.05) is 49.2 Å². The lowest BCUT2D eigenvalue weighted by Crippen LogP contribution is -2.15. The van der Waals surface area contributed by atoms with Crippen LogP contribution in [-0.4, -0.2) is 51.0 Å². The fourth-order valence-corrected chi connectivity index (χ4v) is 4.09. The van der Waals surface area contributed by atoms with Crippen LogP contribution in [0.4, 0.5) is 5.82 Å². The Labute approximate surface area is 225 Å². The summed E-state index contributed by atoms with van der Waals surface area (Å²) >= 11 is 0. The molecule has 5 rings (SSSR count). The molecule has 0 saturated carbocycles. The molecule has 0 aliphatic heterocycles. The summed E-state index contributed by atoms with van der Waals surface area (Å²) in [6, 6.07) is 7.04. The van der Waals surface area contributed by atoms with Gasteiger partial charge in [0.25, 0.3) is 5.91 Å². The van der Waals surface area contributed by atoms with E-state index in [0.29, 0.717) is 47.6 Å². The summed E-state index contributed by atoms with van der Waals surface area (Å²) in [4.78, 5) is 21.9. The smallest absolute Gasteiger partial charge is 0.281 e. The Morgan fingerprint density at radius 2 is 1.90 bits per heavy atom. The van der Waals surface area contributed by atoms with Gasteiger partial charge in [0.05, 0.1) is 44.6 Å². The summed E-state index contributed by atoms with van der Waals surface area (Å²) in [5.74, 6) is 2.57. The van der Waals surface area contributed by atoms with Gasteiger partial charge in [-0.2, -0.15) is 5.10 Å². The second-order valence-electron chi connectivity index (χ2n) is 8.55. The number of amides is 1. The number of fused-ring (bicyclic) bond motifs is 1. The van der Waals surface area contributed by atoms with Crippen LogP contribution in [0.25, 0.3) is 11.8 Å². The first-order valence-corrected chi connectivity index (χ1v) is 12.3. The van der Waals surface area contributed by atoms with Gasteiger partial charge in [0, 0.05) is 37.6 Å². The molecule has 4 aromatic heterocycles. The lowest BCUT2D eigenvalue weighted by Gasteiger charge is -2.12. The minimum Gasteiger partial charge on any atom is -0.493 e. The molecule has 0 radical (unpaired) electrons. The van der Waals surface area contributed by atoms with Crippen molar-refractivity contribution in [2.24, 2.45) is 7.05 Å². The van der Waals surface area contributed by atoms with E-state index in [0.717, 1.165) is 16.9 Å². The van der Waals surface area contributed by atoms with Crippen LogP contribution in [0.2, 0.25) is 0 Å². The molecule has 0 bridgehead atoms. The number of hydrogen-bond acceptors (Lipinski definition) is 8. The Morgan fingerprint density at radius 3 is 2.59 bits per heavy atom. The molecular formula is C28H28N6O5. The van der Waals surface area contributed by atoms with Crippen molar-refractivity contribution >= 4 is 17.8 Å². The number of carbonyl (C=O) groups excluding carboxylic acids is 1. The average Bonchev–Trinajstić information content (AvgIpc) is 3.51. The van der Waals surface area contributed by atoms with E-state index in [2.05, 4.69) is 20.4 Å². The number of nitrogens with one attached hydrogen (secondary N) is 1. The molecule has 1 amide bonds. The number of methoxy groups -OCH3 is 2. The summed E-state index contributed by atoms with van der Waals surface area (Å²) in [7, 11) is 5.09. The maximum Gasteiger partial charge on any atom is 0.281 e. The molecule has 1 aliphatic rings. The van der Waals surface area contributed by atoms with Crippen molar-refractivity contribution < 1.29 is 23.7 Å².